The highest BCUT2D eigenvalue weighted by Gasteiger charge is 2.25. The molecule has 0 radical (unpaired) electrons. The molecule has 0 spiro atoms. The molecule has 230 valence electrons. The van der Waals surface area contributed by atoms with E-state index in [9.17, 15) is 9.59 Å². The molecule has 0 aromatic heterocycles. The number of nitrogens with zero attached hydrogens (tertiary/aromatic N) is 1. The van der Waals surface area contributed by atoms with Gasteiger partial charge in [-0.05, 0) is 67.5 Å². The number of ketones is 1. The minimum Gasteiger partial charge on any atom is -0.426 e. The molecule has 0 amide bonds. The van der Waals surface area contributed by atoms with Crippen molar-refractivity contribution >= 4 is 11.8 Å². The number of carbonyl (C=O) groups is 2. The van der Waals surface area contributed by atoms with Gasteiger partial charge in [0.1, 0.15) is 11.9 Å². The standard InChI is InChI=1S/C38H49NO4/c1-4-5-6-9-15-30-21-22-34(36(28-30)43-38(41)29(2)3)35(40)20-14-25-39-26-23-33(24-27-39)42-37(31-16-10-7-11-17-31)32-18-12-8-13-19-32/h7-8,10-13,16-19,21-22,28-29,33,37H,4-6,9,14-15,20,23-27H2,1-3H3. The van der Waals surface area contributed by atoms with Crippen LogP contribution in [0.4, 0.5) is 0 Å². The summed E-state index contributed by atoms with van der Waals surface area (Å²) in [7, 11) is 0. The molecule has 0 saturated carbocycles. The van der Waals surface area contributed by atoms with Crippen molar-refractivity contribution in [2.45, 2.75) is 90.8 Å². The molecule has 5 heteroatoms. The number of hydrogen-bond acceptors (Lipinski definition) is 5. The fourth-order valence-corrected chi connectivity index (χ4v) is 5.68. The fourth-order valence-electron chi connectivity index (χ4n) is 5.68. The Bertz CT molecular complexity index is 1230. The molecule has 1 heterocycles. The van der Waals surface area contributed by atoms with Gasteiger partial charge in [-0.2, -0.15) is 0 Å². The van der Waals surface area contributed by atoms with E-state index in [2.05, 4.69) is 60.4 Å². The van der Waals surface area contributed by atoms with Gasteiger partial charge in [0.05, 0.1) is 17.6 Å². The molecule has 1 aliphatic heterocycles. The van der Waals surface area contributed by atoms with E-state index in [1.807, 2.05) is 44.2 Å². The van der Waals surface area contributed by atoms with Gasteiger partial charge in [0, 0.05) is 19.5 Å². The lowest BCUT2D eigenvalue weighted by molar-refractivity contribution is -0.137. The number of aryl methyl sites for hydroxylation is 1. The van der Waals surface area contributed by atoms with E-state index >= 15 is 0 Å². The number of esters is 1. The molecule has 1 fully saturated rings. The van der Waals surface area contributed by atoms with Gasteiger partial charge in [-0.25, -0.2) is 0 Å². The van der Waals surface area contributed by atoms with E-state index in [0.29, 0.717) is 17.7 Å². The number of carbonyl (C=O) groups excluding carboxylic acids is 2. The van der Waals surface area contributed by atoms with Crippen LogP contribution in [0.5, 0.6) is 5.75 Å². The van der Waals surface area contributed by atoms with Crippen molar-refractivity contribution in [3.8, 4) is 5.75 Å². The molecule has 3 aromatic carbocycles. The average Bonchev–Trinajstić information content (AvgIpc) is 3.03. The summed E-state index contributed by atoms with van der Waals surface area (Å²) in [5.74, 6) is -0.0975. The summed E-state index contributed by atoms with van der Waals surface area (Å²) in [6, 6.07) is 26.7. The van der Waals surface area contributed by atoms with Gasteiger partial charge in [-0.1, -0.05) is 107 Å². The largest absolute Gasteiger partial charge is 0.426 e. The number of hydrogen-bond donors (Lipinski definition) is 0. The highest BCUT2D eigenvalue weighted by Crippen LogP contribution is 2.30. The minimum atomic E-state index is -0.302. The Kier molecular flexibility index (Phi) is 13.0. The summed E-state index contributed by atoms with van der Waals surface area (Å²) < 4.78 is 12.4. The second-order valence-electron chi connectivity index (χ2n) is 12.1. The Hall–Kier alpha value is -3.28. The molecule has 0 aliphatic carbocycles. The number of benzene rings is 3. The predicted molar refractivity (Wildman–Crippen MR) is 174 cm³/mol. The van der Waals surface area contributed by atoms with Gasteiger partial charge in [0.15, 0.2) is 5.78 Å². The summed E-state index contributed by atoms with van der Waals surface area (Å²) in [5.41, 5.74) is 3.99. The van der Waals surface area contributed by atoms with Crippen LogP contribution in [0.2, 0.25) is 0 Å². The highest BCUT2D eigenvalue weighted by atomic mass is 16.5. The first-order valence-corrected chi connectivity index (χ1v) is 16.3. The molecule has 1 aliphatic rings. The normalized spacial score (nSPS) is 14.3. The van der Waals surface area contributed by atoms with Crippen molar-refractivity contribution in [2.24, 2.45) is 5.92 Å². The van der Waals surface area contributed by atoms with Crippen molar-refractivity contribution < 1.29 is 19.1 Å². The first-order chi connectivity index (χ1) is 20.9. The number of unbranched alkanes of at least 4 members (excludes halogenated alkanes) is 3. The van der Waals surface area contributed by atoms with Gasteiger partial charge in [0.25, 0.3) is 0 Å². The van der Waals surface area contributed by atoms with Gasteiger partial charge in [-0.15, -0.1) is 0 Å². The lowest BCUT2D eigenvalue weighted by atomic mass is 9.99. The molecule has 0 bridgehead atoms. The van der Waals surface area contributed by atoms with Crippen molar-refractivity contribution in [3.05, 3.63) is 101 Å². The van der Waals surface area contributed by atoms with Crippen LogP contribution in [0.3, 0.4) is 0 Å². The van der Waals surface area contributed by atoms with E-state index in [-0.39, 0.29) is 29.9 Å². The van der Waals surface area contributed by atoms with E-state index in [4.69, 9.17) is 9.47 Å². The van der Waals surface area contributed by atoms with Crippen molar-refractivity contribution in [1.29, 1.82) is 0 Å². The second kappa shape index (κ2) is 17.1. The number of Topliss-reactive ketones (excluding diaryl/α,β-unsaturated/α-hetero) is 1. The summed E-state index contributed by atoms with van der Waals surface area (Å²) in [4.78, 5) is 28.1. The Balaban J connectivity index is 1.28. The molecule has 5 nitrogen and oxygen atoms in total. The van der Waals surface area contributed by atoms with Crippen molar-refractivity contribution in [3.63, 3.8) is 0 Å². The zero-order valence-electron chi connectivity index (χ0n) is 26.3. The Morgan fingerprint density at radius 1 is 0.837 bits per heavy atom. The molecule has 1 saturated heterocycles. The van der Waals surface area contributed by atoms with Gasteiger partial charge >= 0.3 is 5.97 Å². The van der Waals surface area contributed by atoms with Gasteiger partial charge in [0.2, 0.25) is 0 Å². The van der Waals surface area contributed by atoms with Crippen molar-refractivity contribution in [1.82, 2.24) is 4.90 Å². The third-order valence-electron chi connectivity index (χ3n) is 8.29. The lowest BCUT2D eigenvalue weighted by Gasteiger charge is -2.34. The third-order valence-corrected chi connectivity index (χ3v) is 8.29. The fraction of sp³-hybridized carbons (Fsp3) is 0.474. The summed E-state index contributed by atoms with van der Waals surface area (Å²) in [6.07, 6.45) is 8.90. The SMILES string of the molecule is CCCCCCc1ccc(C(=O)CCCN2CCC(OC(c3ccccc3)c3ccccc3)CC2)c(OC(=O)C(C)C)c1. The second-order valence-corrected chi connectivity index (χ2v) is 12.1. The maximum Gasteiger partial charge on any atom is 0.313 e. The third kappa shape index (κ3) is 10.1. The van der Waals surface area contributed by atoms with Crippen LogP contribution in [0.15, 0.2) is 78.9 Å². The molecular weight excluding hydrogens is 534 g/mol. The van der Waals surface area contributed by atoms with Gasteiger partial charge < -0.3 is 14.4 Å². The first-order valence-electron chi connectivity index (χ1n) is 16.3. The van der Waals surface area contributed by atoms with Crippen LogP contribution in [0, 0.1) is 5.92 Å². The smallest absolute Gasteiger partial charge is 0.313 e. The average molecular weight is 584 g/mol. The van der Waals surface area contributed by atoms with Crippen molar-refractivity contribution in [2.75, 3.05) is 19.6 Å². The van der Waals surface area contributed by atoms with Crippen LogP contribution in [0.1, 0.15) is 105 Å². The lowest BCUT2D eigenvalue weighted by Crippen LogP contribution is -2.38. The van der Waals surface area contributed by atoms with E-state index in [1.54, 1.807) is 0 Å². The Morgan fingerprint density at radius 3 is 2.09 bits per heavy atom. The van der Waals surface area contributed by atoms with Crippen LogP contribution in [-0.4, -0.2) is 42.4 Å². The van der Waals surface area contributed by atoms with E-state index in [0.717, 1.165) is 57.3 Å². The molecule has 43 heavy (non-hydrogen) atoms. The Morgan fingerprint density at radius 2 is 1.49 bits per heavy atom. The summed E-state index contributed by atoms with van der Waals surface area (Å²) in [5, 5.41) is 0. The molecule has 0 N–H and O–H groups in total. The monoisotopic (exact) mass is 583 g/mol. The minimum absolute atomic E-state index is 0.0378. The van der Waals surface area contributed by atoms with Crippen LogP contribution in [-0.2, 0) is 16.0 Å². The molecule has 0 unspecified atom stereocenters. The van der Waals surface area contributed by atoms with E-state index in [1.165, 1.54) is 30.4 Å². The number of ether oxygens (including phenoxy) is 2. The number of piperidine rings is 1. The predicted octanol–water partition coefficient (Wildman–Crippen LogP) is 8.60. The molecule has 3 aromatic rings. The zero-order valence-corrected chi connectivity index (χ0v) is 26.3. The highest BCUT2D eigenvalue weighted by molar-refractivity contribution is 5.99. The maximum atomic E-state index is 13.3. The van der Waals surface area contributed by atoms with Crippen LogP contribution in [0.25, 0.3) is 0 Å². The molecule has 4 rings (SSSR count). The topological polar surface area (TPSA) is 55.8 Å². The first kappa shape index (κ1) is 32.6. The van der Waals surface area contributed by atoms with Gasteiger partial charge in [-0.3, -0.25) is 9.59 Å². The number of rotatable bonds is 16. The summed E-state index contributed by atoms with van der Waals surface area (Å²) in [6.45, 7) is 8.62. The molecule has 0 atom stereocenters. The van der Waals surface area contributed by atoms with E-state index < -0.39 is 0 Å². The van der Waals surface area contributed by atoms with Crippen LogP contribution >= 0.6 is 0 Å². The Labute approximate surface area is 258 Å². The van der Waals surface area contributed by atoms with Crippen LogP contribution < -0.4 is 4.74 Å². The molecular formula is C38H49NO4. The zero-order chi connectivity index (χ0) is 30.4. The maximum absolute atomic E-state index is 13.3. The number of likely N-dealkylation sites (tertiary alicyclic amines) is 1. The quantitative estimate of drug-likeness (QED) is 0.0731. The summed E-state index contributed by atoms with van der Waals surface area (Å²) >= 11 is 0.